The first-order valence-corrected chi connectivity index (χ1v) is 11.4. The van der Waals surface area contributed by atoms with Crippen LogP contribution >= 0.6 is 0 Å². The second-order valence-corrected chi connectivity index (χ2v) is 10.3. The Morgan fingerprint density at radius 1 is 1.26 bits per heavy atom. The first-order valence-electron chi connectivity index (χ1n) is 11.4. The molecule has 0 spiro atoms. The monoisotopic (exact) mass is 464 g/mol. The van der Waals surface area contributed by atoms with Gasteiger partial charge in [-0.1, -0.05) is 19.9 Å². The smallest absolute Gasteiger partial charge is 0.408 e. The fraction of sp³-hybridized carbons (Fsp3) is 0.462. The van der Waals surface area contributed by atoms with Crippen LogP contribution in [-0.4, -0.2) is 34.7 Å². The molecule has 2 amide bonds. The summed E-state index contributed by atoms with van der Waals surface area (Å²) in [5.74, 6) is 1.18. The van der Waals surface area contributed by atoms with Crippen molar-refractivity contribution in [3.05, 3.63) is 41.6 Å². The largest absolute Gasteiger partial charge is 0.490 e. The fourth-order valence-electron chi connectivity index (χ4n) is 4.13. The molecule has 2 aromatic rings. The van der Waals surface area contributed by atoms with Gasteiger partial charge in [0.1, 0.15) is 29.8 Å². The van der Waals surface area contributed by atoms with E-state index in [1.807, 2.05) is 39.8 Å². The minimum Gasteiger partial charge on any atom is -0.490 e. The summed E-state index contributed by atoms with van der Waals surface area (Å²) in [4.78, 5) is 28.5. The molecular formula is C26H32N4O4. The zero-order valence-corrected chi connectivity index (χ0v) is 20.6. The van der Waals surface area contributed by atoms with Crippen molar-refractivity contribution in [2.75, 3.05) is 11.9 Å². The molecule has 1 aliphatic heterocycles. The molecule has 2 heterocycles. The third-order valence-electron chi connectivity index (χ3n) is 5.27. The zero-order chi connectivity index (χ0) is 25.1. The Hall–Kier alpha value is -3.60. The quantitative estimate of drug-likeness (QED) is 0.607. The SMILES string of the molecule is CC(C)CC(C)(COc1ccc(-c2ccnc3c2CC(=O)N3)cc1C#N)NC(=O)OC(C)(C)C. The maximum atomic E-state index is 12.4. The average molecular weight is 465 g/mol. The van der Waals surface area contributed by atoms with Gasteiger partial charge in [0.2, 0.25) is 5.91 Å². The number of rotatable bonds is 7. The molecule has 1 aromatic carbocycles. The molecule has 0 saturated carbocycles. The molecule has 0 saturated heterocycles. The summed E-state index contributed by atoms with van der Waals surface area (Å²) in [5, 5.41) is 15.5. The Morgan fingerprint density at radius 3 is 2.65 bits per heavy atom. The molecule has 1 unspecified atom stereocenters. The van der Waals surface area contributed by atoms with Gasteiger partial charge >= 0.3 is 6.09 Å². The van der Waals surface area contributed by atoms with Gasteiger partial charge in [-0.3, -0.25) is 4.79 Å². The van der Waals surface area contributed by atoms with E-state index in [2.05, 4.69) is 35.5 Å². The molecule has 1 atom stereocenters. The molecule has 0 fully saturated rings. The Bertz CT molecular complexity index is 1130. The number of ether oxygens (including phenoxy) is 2. The second-order valence-electron chi connectivity index (χ2n) is 10.3. The number of hydrogen-bond acceptors (Lipinski definition) is 6. The van der Waals surface area contributed by atoms with Crippen molar-refractivity contribution in [3.8, 4) is 22.9 Å². The Balaban J connectivity index is 1.81. The van der Waals surface area contributed by atoms with Crippen LogP contribution in [0.1, 0.15) is 59.1 Å². The van der Waals surface area contributed by atoms with Gasteiger partial charge in [-0.15, -0.1) is 0 Å². The molecule has 2 N–H and O–H groups in total. The first kappa shape index (κ1) is 25.0. The summed E-state index contributed by atoms with van der Waals surface area (Å²) in [6, 6.07) is 9.38. The molecule has 180 valence electrons. The van der Waals surface area contributed by atoms with Gasteiger partial charge in [0.15, 0.2) is 0 Å². The van der Waals surface area contributed by atoms with E-state index in [1.54, 1.807) is 18.3 Å². The third-order valence-corrected chi connectivity index (χ3v) is 5.27. The number of anilines is 1. The Kier molecular flexibility index (Phi) is 7.15. The normalized spacial score (nSPS) is 14.6. The molecule has 0 radical (unpaired) electrons. The minimum atomic E-state index is -0.695. The lowest BCUT2D eigenvalue weighted by molar-refractivity contribution is -0.115. The Labute approximate surface area is 200 Å². The molecule has 8 nitrogen and oxygen atoms in total. The van der Waals surface area contributed by atoms with Crippen LogP contribution in [0.4, 0.5) is 10.6 Å². The van der Waals surface area contributed by atoms with Crippen LogP contribution in [0.3, 0.4) is 0 Å². The van der Waals surface area contributed by atoms with Crippen LogP contribution in [0.15, 0.2) is 30.5 Å². The number of carbonyl (C=O) groups excluding carboxylic acids is 2. The summed E-state index contributed by atoms with van der Waals surface area (Å²) >= 11 is 0. The molecule has 34 heavy (non-hydrogen) atoms. The minimum absolute atomic E-state index is 0.0997. The van der Waals surface area contributed by atoms with Gasteiger partial charge in [-0.05, 0) is 69.4 Å². The average Bonchev–Trinajstić information content (AvgIpc) is 3.10. The molecule has 8 heteroatoms. The molecular weight excluding hydrogens is 432 g/mol. The van der Waals surface area contributed by atoms with Crippen LogP contribution in [0.2, 0.25) is 0 Å². The van der Waals surface area contributed by atoms with Crippen molar-refractivity contribution in [2.45, 2.75) is 65.5 Å². The highest BCUT2D eigenvalue weighted by Gasteiger charge is 2.31. The number of amides is 2. The predicted octanol–water partition coefficient (Wildman–Crippen LogP) is 4.82. The fourth-order valence-corrected chi connectivity index (χ4v) is 4.13. The number of fused-ring (bicyclic) bond motifs is 1. The number of aromatic nitrogens is 1. The molecule has 0 bridgehead atoms. The standard InChI is InChI=1S/C26H32N4O4/c1-16(2)13-26(6,30-24(32)34-25(3,4)5)15-33-21-8-7-17(11-18(21)14-27)19-9-10-28-23-20(19)12-22(31)29-23/h7-11,16H,12-13,15H2,1-6H3,(H,30,32)(H,28,29,31). The number of pyridine rings is 1. The highest BCUT2D eigenvalue weighted by Crippen LogP contribution is 2.34. The lowest BCUT2D eigenvalue weighted by Gasteiger charge is -2.33. The van der Waals surface area contributed by atoms with Gasteiger partial charge in [0.05, 0.1) is 17.5 Å². The predicted molar refractivity (Wildman–Crippen MR) is 129 cm³/mol. The van der Waals surface area contributed by atoms with E-state index in [-0.39, 0.29) is 18.9 Å². The maximum absolute atomic E-state index is 12.4. The van der Waals surface area contributed by atoms with Crippen molar-refractivity contribution < 1.29 is 19.1 Å². The number of nitriles is 1. The van der Waals surface area contributed by atoms with E-state index < -0.39 is 17.2 Å². The maximum Gasteiger partial charge on any atom is 0.408 e. The topological polar surface area (TPSA) is 113 Å². The van der Waals surface area contributed by atoms with Crippen molar-refractivity contribution in [1.82, 2.24) is 10.3 Å². The van der Waals surface area contributed by atoms with Gasteiger partial charge in [-0.25, -0.2) is 9.78 Å². The van der Waals surface area contributed by atoms with Crippen molar-refractivity contribution in [3.63, 3.8) is 0 Å². The van der Waals surface area contributed by atoms with Crippen molar-refractivity contribution in [2.24, 2.45) is 5.92 Å². The number of carbonyl (C=O) groups is 2. The van der Waals surface area contributed by atoms with Crippen LogP contribution in [0, 0.1) is 17.2 Å². The van der Waals surface area contributed by atoms with E-state index in [4.69, 9.17) is 9.47 Å². The number of nitrogens with zero attached hydrogens (tertiary/aromatic N) is 2. The van der Waals surface area contributed by atoms with Crippen LogP contribution in [0.5, 0.6) is 5.75 Å². The van der Waals surface area contributed by atoms with E-state index in [0.717, 1.165) is 16.7 Å². The van der Waals surface area contributed by atoms with Crippen molar-refractivity contribution >= 4 is 17.8 Å². The molecule has 3 rings (SSSR count). The molecule has 0 aliphatic carbocycles. The van der Waals surface area contributed by atoms with Gasteiger partial charge in [0.25, 0.3) is 0 Å². The lowest BCUT2D eigenvalue weighted by Crippen LogP contribution is -2.52. The number of benzene rings is 1. The molecule has 1 aliphatic rings. The van der Waals surface area contributed by atoms with E-state index in [1.165, 1.54) is 0 Å². The highest BCUT2D eigenvalue weighted by molar-refractivity contribution is 6.00. The van der Waals surface area contributed by atoms with E-state index >= 15 is 0 Å². The molecule has 1 aromatic heterocycles. The summed E-state index contributed by atoms with van der Waals surface area (Å²) in [5.41, 5.74) is 1.53. The summed E-state index contributed by atoms with van der Waals surface area (Å²) < 4.78 is 11.5. The number of alkyl carbamates (subject to hydrolysis) is 1. The van der Waals surface area contributed by atoms with Crippen LogP contribution in [-0.2, 0) is 16.0 Å². The van der Waals surface area contributed by atoms with E-state index in [9.17, 15) is 14.9 Å². The van der Waals surface area contributed by atoms with Gasteiger partial charge in [0, 0.05) is 11.8 Å². The Morgan fingerprint density at radius 2 is 2.00 bits per heavy atom. The number of hydrogen-bond donors (Lipinski definition) is 2. The zero-order valence-electron chi connectivity index (χ0n) is 20.6. The third kappa shape index (κ3) is 6.25. The van der Waals surface area contributed by atoms with Crippen molar-refractivity contribution in [1.29, 1.82) is 5.26 Å². The second kappa shape index (κ2) is 9.72. The summed E-state index contributed by atoms with van der Waals surface area (Å²) in [7, 11) is 0. The first-order chi connectivity index (χ1) is 15.9. The van der Waals surface area contributed by atoms with E-state index in [0.29, 0.717) is 29.5 Å². The summed E-state index contributed by atoms with van der Waals surface area (Å²) in [6.07, 6.45) is 2.04. The van der Waals surface area contributed by atoms with Crippen LogP contribution in [0.25, 0.3) is 11.1 Å². The lowest BCUT2D eigenvalue weighted by atomic mass is 9.91. The highest BCUT2D eigenvalue weighted by atomic mass is 16.6. The van der Waals surface area contributed by atoms with Crippen LogP contribution < -0.4 is 15.4 Å². The van der Waals surface area contributed by atoms with Gasteiger partial charge in [-0.2, -0.15) is 5.26 Å². The van der Waals surface area contributed by atoms with Gasteiger partial charge < -0.3 is 20.1 Å². The number of nitrogens with one attached hydrogen (secondary N) is 2. The summed E-state index contributed by atoms with van der Waals surface area (Å²) in [6.45, 7) is 11.6.